The topological polar surface area (TPSA) is 106 Å². The minimum absolute atomic E-state index is 0.0268. The lowest BCUT2D eigenvalue weighted by atomic mass is 10.2. The maximum absolute atomic E-state index is 12.8. The zero-order chi connectivity index (χ0) is 21.8. The molecule has 0 aliphatic heterocycles. The Morgan fingerprint density at radius 3 is 2.10 bits per heavy atom. The average molecular weight is 433 g/mol. The van der Waals surface area contributed by atoms with E-state index in [0.717, 1.165) is 11.3 Å². The van der Waals surface area contributed by atoms with Gasteiger partial charge in [0.25, 0.3) is 16.0 Å². The van der Waals surface area contributed by atoms with E-state index in [1.54, 1.807) is 4.68 Å². The van der Waals surface area contributed by atoms with E-state index in [4.69, 9.17) is 0 Å². The lowest BCUT2D eigenvalue weighted by Gasteiger charge is -2.06. The van der Waals surface area contributed by atoms with E-state index in [1.165, 1.54) is 31.2 Å². The maximum atomic E-state index is 12.8. The number of amides is 1. The molecule has 3 aromatic carbocycles. The summed E-state index contributed by atoms with van der Waals surface area (Å²) in [6.45, 7) is 1.38. The van der Waals surface area contributed by atoms with Gasteiger partial charge in [-0.2, -0.15) is 4.98 Å². The van der Waals surface area contributed by atoms with Gasteiger partial charge in [0, 0.05) is 18.2 Å². The maximum Gasteiger partial charge on any atom is 0.264 e. The van der Waals surface area contributed by atoms with Crippen molar-refractivity contribution in [3.05, 3.63) is 84.9 Å². The molecule has 2 N–H and O–H groups in total. The first-order valence-corrected chi connectivity index (χ1v) is 10.9. The quantitative estimate of drug-likeness (QED) is 0.482. The van der Waals surface area contributed by atoms with Gasteiger partial charge < -0.3 is 5.32 Å². The van der Waals surface area contributed by atoms with E-state index in [2.05, 4.69) is 20.1 Å². The summed E-state index contributed by atoms with van der Waals surface area (Å²) in [4.78, 5) is 15.6. The SMILES string of the molecule is CC(=O)Nc1ccc(S(=O)(=O)Nc2nc(-c3ccccc3)n(-c3ccccc3)n2)cc1. The fraction of sp³-hybridized carbons (Fsp3) is 0.0455. The molecule has 0 saturated heterocycles. The van der Waals surface area contributed by atoms with Crippen molar-refractivity contribution in [1.29, 1.82) is 0 Å². The molecule has 0 unspecified atom stereocenters. The minimum Gasteiger partial charge on any atom is -0.326 e. The number of sulfonamides is 1. The van der Waals surface area contributed by atoms with Crippen LogP contribution in [-0.2, 0) is 14.8 Å². The minimum atomic E-state index is -3.93. The van der Waals surface area contributed by atoms with Gasteiger partial charge in [-0.15, -0.1) is 5.10 Å². The number of nitrogens with zero attached hydrogens (tertiary/aromatic N) is 3. The van der Waals surface area contributed by atoms with Crippen molar-refractivity contribution in [2.24, 2.45) is 0 Å². The Morgan fingerprint density at radius 2 is 1.48 bits per heavy atom. The van der Waals surface area contributed by atoms with Crippen LogP contribution in [0.5, 0.6) is 0 Å². The van der Waals surface area contributed by atoms with Crippen molar-refractivity contribution in [2.75, 3.05) is 10.0 Å². The van der Waals surface area contributed by atoms with Crippen LogP contribution in [0.4, 0.5) is 11.6 Å². The molecule has 0 bridgehead atoms. The third-order valence-electron chi connectivity index (χ3n) is 4.35. The molecule has 0 aliphatic rings. The Morgan fingerprint density at radius 1 is 0.871 bits per heavy atom. The highest BCUT2D eigenvalue weighted by atomic mass is 32.2. The predicted octanol–water partition coefficient (Wildman–Crippen LogP) is 3.69. The number of aromatic nitrogens is 3. The monoisotopic (exact) mass is 433 g/mol. The number of benzene rings is 3. The molecule has 0 spiro atoms. The van der Waals surface area contributed by atoms with Crippen LogP contribution in [-0.4, -0.2) is 29.1 Å². The summed E-state index contributed by atoms with van der Waals surface area (Å²) >= 11 is 0. The zero-order valence-electron chi connectivity index (χ0n) is 16.6. The number of hydrogen-bond donors (Lipinski definition) is 2. The molecule has 31 heavy (non-hydrogen) atoms. The highest BCUT2D eigenvalue weighted by molar-refractivity contribution is 7.92. The van der Waals surface area contributed by atoms with Crippen LogP contribution in [0.15, 0.2) is 89.8 Å². The highest BCUT2D eigenvalue weighted by Crippen LogP contribution is 2.24. The molecule has 4 aromatic rings. The van der Waals surface area contributed by atoms with Gasteiger partial charge in [0.15, 0.2) is 5.82 Å². The summed E-state index contributed by atoms with van der Waals surface area (Å²) in [6, 6.07) is 24.6. The molecule has 8 nitrogen and oxygen atoms in total. The second-order valence-electron chi connectivity index (χ2n) is 6.68. The molecular weight excluding hydrogens is 414 g/mol. The molecule has 1 aromatic heterocycles. The lowest BCUT2D eigenvalue weighted by Crippen LogP contribution is -2.14. The van der Waals surface area contributed by atoms with Crippen LogP contribution in [0.1, 0.15) is 6.92 Å². The first-order valence-electron chi connectivity index (χ1n) is 9.41. The summed E-state index contributed by atoms with van der Waals surface area (Å²) in [6.07, 6.45) is 0. The molecule has 1 amide bonds. The molecule has 0 atom stereocenters. The van der Waals surface area contributed by atoms with Crippen molar-refractivity contribution in [3.63, 3.8) is 0 Å². The second kappa shape index (κ2) is 8.41. The molecule has 4 rings (SSSR count). The molecule has 0 saturated carbocycles. The van der Waals surface area contributed by atoms with Gasteiger partial charge in [0.2, 0.25) is 5.91 Å². The van der Waals surface area contributed by atoms with Crippen LogP contribution in [0.25, 0.3) is 17.1 Å². The molecule has 0 radical (unpaired) electrons. The fourth-order valence-corrected chi connectivity index (χ4v) is 3.92. The Hall–Kier alpha value is -3.98. The Labute approximate surface area is 179 Å². The number of nitrogens with one attached hydrogen (secondary N) is 2. The van der Waals surface area contributed by atoms with E-state index < -0.39 is 10.0 Å². The van der Waals surface area contributed by atoms with Crippen LogP contribution in [0, 0.1) is 0 Å². The van der Waals surface area contributed by atoms with Gasteiger partial charge in [-0.25, -0.2) is 17.8 Å². The van der Waals surface area contributed by atoms with Crippen LogP contribution in [0.2, 0.25) is 0 Å². The second-order valence-corrected chi connectivity index (χ2v) is 8.37. The first kappa shape index (κ1) is 20.3. The zero-order valence-corrected chi connectivity index (χ0v) is 17.4. The third-order valence-corrected chi connectivity index (χ3v) is 5.69. The molecular formula is C22H19N5O3S. The largest absolute Gasteiger partial charge is 0.326 e. The fourth-order valence-electron chi connectivity index (χ4n) is 2.98. The summed E-state index contributed by atoms with van der Waals surface area (Å²) in [5.41, 5.74) is 2.05. The number of carbonyl (C=O) groups is 1. The summed E-state index contributed by atoms with van der Waals surface area (Å²) < 4.78 is 29.7. The van der Waals surface area contributed by atoms with Crippen LogP contribution >= 0.6 is 0 Å². The van der Waals surface area contributed by atoms with Gasteiger partial charge in [-0.3, -0.25) is 4.79 Å². The smallest absolute Gasteiger partial charge is 0.264 e. The number of carbonyl (C=O) groups excluding carboxylic acids is 1. The number of anilines is 2. The predicted molar refractivity (Wildman–Crippen MR) is 118 cm³/mol. The molecule has 0 aliphatic carbocycles. The van der Waals surface area contributed by atoms with E-state index in [-0.39, 0.29) is 16.8 Å². The van der Waals surface area contributed by atoms with Gasteiger partial charge in [-0.05, 0) is 36.4 Å². The summed E-state index contributed by atoms with van der Waals surface area (Å²) in [5, 5.41) is 6.98. The van der Waals surface area contributed by atoms with Crippen molar-refractivity contribution < 1.29 is 13.2 Å². The highest BCUT2D eigenvalue weighted by Gasteiger charge is 2.20. The number of para-hydroxylation sites is 1. The van der Waals surface area contributed by atoms with Crippen molar-refractivity contribution in [1.82, 2.24) is 14.8 Å². The average Bonchev–Trinajstić information content (AvgIpc) is 3.18. The summed E-state index contributed by atoms with van der Waals surface area (Å²) in [5.74, 6) is 0.219. The van der Waals surface area contributed by atoms with Crippen molar-refractivity contribution in [3.8, 4) is 17.1 Å². The standard InChI is InChI=1S/C22H19N5O3S/c1-16(28)23-18-12-14-20(15-13-18)31(29,30)26-22-24-21(17-8-4-2-5-9-17)27(25-22)19-10-6-3-7-11-19/h2-15H,1H3,(H,23,28)(H,25,26). The van der Waals surface area contributed by atoms with E-state index in [0.29, 0.717) is 11.5 Å². The summed E-state index contributed by atoms with van der Waals surface area (Å²) in [7, 11) is -3.93. The van der Waals surface area contributed by atoms with Gasteiger partial charge in [-0.1, -0.05) is 48.5 Å². The van der Waals surface area contributed by atoms with Crippen molar-refractivity contribution >= 4 is 27.6 Å². The van der Waals surface area contributed by atoms with E-state index in [1.807, 2.05) is 60.7 Å². The van der Waals surface area contributed by atoms with E-state index >= 15 is 0 Å². The van der Waals surface area contributed by atoms with Gasteiger partial charge >= 0.3 is 0 Å². The van der Waals surface area contributed by atoms with Gasteiger partial charge in [0.1, 0.15) is 0 Å². The molecule has 9 heteroatoms. The van der Waals surface area contributed by atoms with Crippen LogP contribution < -0.4 is 10.0 Å². The van der Waals surface area contributed by atoms with Crippen molar-refractivity contribution in [2.45, 2.75) is 11.8 Å². The Kier molecular flexibility index (Phi) is 5.50. The molecule has 0 fully saturated rings. The lowest BCUT2D eigenvalue weighted by molar-refractivity contribution is -0.114. The number of hydrogen-bond acceptors (Lipinski definition) is 5. The number of rotatable bonds is 6. The normalized spacial score (nSPS) is 11.1. The molecule has 156 valence electrons. The Balaban J connectivity index is 1.68. The van der Waals surface area contributed by atoms with Crippen LogP contribution in [0.3, 0.4) is 0 Å². The Bertz CT molecular complexity index is 1250. The molecule has 1 heterocycles. The van der Waals surface area contributed by atoms with E-state index in [9.17, 15) is 13.2 Å². The van der Waals surface area contributed by atoms with Gasteiger partial charge in [0.05, 0.1) is 10.6 Å². The first-order chi connectivity index (χ1) is 14.9. The third kappa shape index (κ3) is 4.62.